The quantitative estimate of drug-likeness (QED) is 0.397. The van der Waals surface area contributed by atoms with Crippen molar-refractivity contribution in [3.05, 3.63) is 69.0 Å². The molecule has 36 heavy (non-hydrogen) atoms. The number of ether oxygens (including phenoxy) is 2. The highest BCUT2D eigenvalue weighted by atomic mass is 32.1. The average Bonchev–Trinajstić information content (AvgIpc) is 2.88. The maximum absolute atomic E-state index is 13.1. The van der Waals surface area contributed by atoms with Crippen LogP contribution in [0, 0.1) is 13.8 Å². The van der Waals surface area contributed by atoms with E-state index in [-0.39, 0.29) is 5.56 Å². The van der Waals surface area contributed by atoms with E-state index in [1.807, 2.05) is 31.2 Å². The Morgan fingerprint density at radius 2 is 1.81 bits per heavy atom. The first kappa shape index (κ1) is 26.0. The van der Waals surface area contributed by atoms with Crippen molar-refractivity contribution in [2.45, 2.75) is 65.0 Å². The molecule has 0 amide bonds. The van der Waals surface area contributed by atoms with Crippen molar-refractivity contribution in [1.29, 1.82) is 0 Å². The van der Waals surface area contributed by atoms with Crippen LogP contribution in [0.5, 0.6) is 11.5 Å². The van der Waals surface area contributed by atoms with E-state index in [9.17, 15) is 4.79 Å². The number of hydrogen-bond donors (Lipinski definition) is 2. The molecule has 0 unspecified atom stereocenters. The third-order valence-electron chi connectivity index (χ3n) is 7.13. The zero-order chi connectivity index (χ0) is 25.7. The molecule has 1 saturated carbocycles. The van der Waals surface area contributed by atoms with Gasteiger partial charge in [0, 0.05) is 18.2 Å². The first-order valence-corrected chi connectivity index (χ1v) is 13.2. The zero-order valence-electron chi connectivity index (χ0n) is 21.8. The Kier molecular flexibility index (Phi) is 8.52. The average molecular weight is 508 g/mol. The number of fused-ring (bicyclic) bond motifs is 1. The van der Waals surface area contributed by atoms with E-state index in [0.717, 1.165) is 58.4 Å². The van der Waals surface area contributed by atoms with Crippen LogP contribution in [0.25, 0.3) is 10.9 Å². The smallest absolute Gasteiger partial charge is 0.253 e. The van der Waals surface area contributed by atoms with Gasteiger partial charge in [0.2, 0.25) is 0 Å². The highest BCUT2D eigenvalue weighted by Gasteiger charge is 2.24. The second-order valence-electron chi connectivity index (χ2n) is 9.76. The summed E-state index contributed by atoms with van der Waals surface area (Å²) in [4.78, 5) is 18.4. The van der Waals surface area contributed by atoms with Gasteiger partial charge in [0.05, 0.1) is 26.3 Å². The molecule has 0 bridgehead atoms. The van der Waals surface area contributed by atoms with Gasteiger partial charge in [-0.05, 0) is 86.1 Å². The minimum Gasteiger partial charge on any atom is -0.493 e. The monoisotopic (exact) mass is 507 g/mol. The summed E-state index contributed by atoms with van der Waals surface area (Å²) in [6, 6.07) is 12.6. The number of pyridine rings is 1. The normalized spacial score (nSPS) is 14.0. The van der Waals surface area contributed by atoms with Crippen LogP contribution in [0.1, 0.15) is 54.4 Å². The van der Waals surface area contributed by atoms with Crippen LogP contribution in [0.15, 0.2) is 41.2 Å². The summed E-state index contributed by atoms with van der Waals surface area (Å²) in [6.07, 6.45) is 6.65. The molecule has 1 heterocycles. The molecule has 7 heteroatoms. The number of thiocarbonyl (C=S) groups is 1. The third-order valence-corrected chi connectivity index (χ3v) is 7.50. The molecular weight excluding hydrogens is 470 g/mol. The van der Waals surface area contributed by atoms with Gasteiger partial charge >= 0.3 is 0 Å². The van der Waals surface area contributed by atoms with Gasteiger partial charge in [-0.3, -0.25) is 4.79 Å². The molecule has 3 aromatic rings. The highest BCUT2D eigenvalue weighted by molar-refractivity contribution is 7.80. The first-order chi connectivity index (χ1) is 17.4. The molecule has 0 aliphatic heterocycles. The van der Waals surface area contributed by atoms with Gasteiger partial charge in [0.1, 0.15) is 0 Å². The Morgan fingerprint density at radius 3 is 2.53 bits per heavy atom. The van der Waals surface area contributed by atoms with E-state index in [2.05, 4.69) is 34.3 Å². The Bertz CT molecular complexity index is 1280. The van der Waals surface area contributed by atoms with E-state index in [4.69, 9.17) is 21.7 Å². The summed E-state index contributed by atoms with van der Waals surface area (Å²) in [6.45, 7) is 5.33. The Labute approximate surface area is 219 Å². The van der Waals surface area contributed by atoms with Crippen LogP contribution in [-0.2, 0) is 13.0 Å². The fourth-order valence-electron chi connectivity index (χ4n) is 5.24. The minimum absolute atomic E-state index is 0.0385. The zero-order valence-corrected chi connectivity index (χ0v) is 22.6. The van der Waals surface area contributed by atoms with E-state index in [1.54, 1.807) is 14.2 Å². The van der Waals surface area contributed by atoms with E-state index >= 15 is 0 Å². The summed E-state index contributed by atoms with van der Waals surface area (Å²) in [5.41, 5.74) is 5.04. The van der Waals surface area contributed by atoms with Gasteiger partial charge in [-0.25, -0.2) is 0 Å². The minimum atomic E-state index is -0.0385. The van der Waals surface area contributed by atoms with E-state index in [0.29, 0.717) is 24.2 Å². The van der Waals surface area contributed by atoms with Gasteiger partial charge < -0.3 is 24.7 Å². The molecule has 0 atom stereocenters. The Hall–Kier alpha value is -3.06. The lowest BCUT2D eigenvalue weighted by Crippen LogP contribution is -2.47. The molecule has 4 rings (SSSR count). The summed E-state index contributed by atoms with van der Waals surface area (Å²) in [7, 11) is 3.29. The molecule has 6 nitrogen and oxygen atoms in total. The van der Waals surface area contributed by atoms with Crippen LogP contribution in [0.3, 0.4) is 0 Å². The number of aromatic amines is 1. The van der Waals surface area contributed by atoms with Crippen molar-refractivity contribution in [3.63, 3.8) is 0 Å². The van der Waals surface area contributed by atoms with Gasteiger partial charge in [-0.1, -0.05) is 37.0 Å². The van der Waals surface area contributed by atoms with Crippen molar-refractivity contribution < 1.29 is 9.47 Å². The molecule has 1 aliphatic carbocycles. The summed E-state index contributed by atoms with van der Waals surface area (Å²) < 4.78 is 10.8. The largest absolute Gasteiger partial charge is 0.493 e. The number of benzene rings is 2. The number of nitrogens with zero attached hydrogens (tertiary/aromatic N) is 1. The van der Waals surface area contributed by atoms with Crippen molar-refractivity contribution in [1.82, 2.24) is 15.2 Å². The Balaban J connectivity index is 1.51. The highest BCUT2D eigenvalue weighted by Crippen LogP contribution is 2.28. The van der Waals surface area contributed by atoms with Gasteiger partial charge in [0.15, 0.2) is 16.6 Å². The number of H-pyrrole nitrogens is 1. The molecule has 2 N–H and O–H groups in total. The topological polar surface area (TPSA) is 66.6 Å². The molecule has 1 aliphatic rings. The number of methoxy groups -OCH3 is 2. The predicted octanol–water partition coefficient (Wildman–Crippen LogP) is 5.41. The van der Waals surface area contributed by atoms with Crippen LogP contribution in [0.4, 0.5) is 0 Å². The number of aromatic nitrogens is 1. The lowest BCUT2D eigenvalue weighted by Gasteiger charge is -2.36. The fourth-order valence-corrected chi connectivity index (χ4v) is 5.56. The number of rotatable bonds is 8. The molecule has 0 spiro atoms. The van der Waals surface area contributed by atoms with Gasteiger partial charge in [-0.15, -0.1) is 0 Å². The lowest BCUT2D eigenvalue weighted by molar-refractivity contribution is 0.234. The van der Waals surface area contributed by atoms with Crippen LogP contribution in [0.2, 0.25) is 0 Å². The second-order valence-corrected chi connectivity index (χ2v) is 10.1. The number of hydrogen-bond acceptors (Lipinski definition) is 4. The molecule has 0 saturated heterocycles. The third kappa shape index (κ3) is 6.01. The maximum Gasteiger partial charge on any atom is 0.253 e. The predicted molar refractivity (Wildman–Crippen MR) is 150 cm³/mol. The molecule has 0 radical (unpaired) electrons. The van der Waals surface area contributed by atoms with Gasteiger partial charge in [-0.2, -0.15) is 0 Å². The van der Waals surface area contributed by atoms with E-state index in [1.165, 1.54) is 24.8 Å². The summed E-state index contributed by atoms with van der Waals surface area (Å²) in [5, 5.41) is 5.24. The molecular formula is C29H37N3O3S. The van der Waals surface area contributed by atoms with Crippen molar-refractivity contribution in [2.75, 3.05) is 20.8 Å². The van der Waals surface area contributed by atoms with Crippen molar-refractivity contribution in [3.8, 4) is 11.5 Å². The van der Waals surface area contributed by atoms with Gasteiger partial charge in [0.25, 0.3) is 5.56 Å². The maximum atomic E-state index is 13.1. The van der Waals surface area contributed by atoms with Crippen LogP contribution >= 0.6 is 12.2 Å². The molecule has 1 fully saturated rings. The van der Waals surface area contributed by atoms with Crippen molar-refractivity contribution >= 4 is 28.2 Å². The Morgan fingerprint density at radius 1 is 1.06 bits per heavy atom. The van der Waals surface area contributed by atoms with Crippen LogP contribution in [-0.4, -0.2) is 41.8 Å². The van der Waals surface area contributed by atoms with Crippen LogP contribution < -0.4 is 20.3 Å². The number of nitrogens with one attached hydrogen (secondary N) is 2. The lowest BCUT2D eigenvalue weighted by atomic mass is 9.94. The fraction of sp³-hybridized carbons (Fsp3) is 0.448. The molecule has 2 aromatic carbocycles. The summed E-state index contributed by atoms with van der Waals surface area (Å²) in [5.74, 6) is 1.45. The second kappa shape index (κ2) is 11.8. The van der Waals surface area contributed by atoms with E-state index < -0.39 is 0 Å². The first-order valence-electron chi connectivity index (χ1n) is 12.8. The SMILES string of the molecule is COc1ccc(CCNC(=S)N(Cc2cc3cc(C)cc(C)c3[nH]c2=O)C2CCCCC2)cc1OC. The number of aryl methyl sites for hydroxylation is 2. The molecule has 192 valence electrons. The molecule has 1 aromatic heterocycles. The van der Waals surface area contributed by atoms with Crippen molar-refractivity contribution in [2.24, 2.45) is 0 Å². The standard InChI is InChI=1S/C29H37N3O3S/c1-19-14-20(2)27-22(15-19)17-23(28(33)31-27)18-32(24-8-6-5-7-9-24)29(36)30-13-12-21-10-11-25(34-3)26(16-21)35-4/h10-11,14-17,24H,5-9,12-13,18H2,1-4H3,(H,30,36)(H,31,33). The summed E-state index contributed by atoms with van der Waals surface area (Å²) >= 11 is 5.90.